The largest absolute Gasteiger partial charge is 0.337 e. The summed E-state index contributed by atoms with van der Waals surface area (Å²) >= 11 is 11.1. The van der Waals surface area contributed by atoms with Crippen molar-refractivity contribution < 1.29 is 4.39 Å². The van der Waals surface area contributed by atoms with Gasteiger partial charge in [0.1, 0.15) is 5.82 Å². The molecule has 3 aromatic rings. The van der Waals surface area contributed by atoms with Crippen LogP contribution in [0.15, 0.2) is 30.9 Å². The van der Waals surface area contributed by atoms with Gasteiger partial charge in [0.2, 0.25) is 0 Å². The maximum atomic E-state index is 13.4. The van der Waals surface area contributed by atoms with Gasteiger partial charge in [0.15, 0.2) is 4.77 Å². The summed E-state index contributed by atoms with van der Waals surface area (Å²) in [5.41, 5.74) is 1.49. The zero-order chi connectivity index (χ0) is 14.1. The van der Waals surface area contributed by atoms with Gasteiger partial charge in [-0.05, 0) is 24.7 Å². The molecule has 0 aliphatic rings. The Balaban J connectivity index is 1.85. The maximum absolute atomic E-state index is 13.4. The summed E-state index contributed by atoms with van der Waals surface area (Å²) in [4.78, 5) is 7.00. The molecule has 2 aromatic heterocycles. The van der Waals surface area contributed by atoms with E-state index >= 15 is 0 Å². The Morgan fingerprint density at radius 2 is 2.20 bits per heavy atom. The van der Waals surface area contributed by atoms with Crippen molar-refractivity contribution in [2.24, 2.45) is 0 Å². The van der Waals surface area contributed by atoms with Gasteiger partial charge in [0, 0.05) is 31.5 Å². The van der Waals surface area contributed by atoms with Crippen LogP contribution in [0.25, 0.3) is 11.0 Å². The summed E-state index contributed by atoms with van der Waals surface area (Å²) in [5, 5.41) is 0.106. The first kappa shape index (κ1) is 13.3. The number of hydrogen-bond donors (Lipinski definition) is 1. The predicted molar refractivity (Wildman–Crippen MR) is 78.9 cm³/mol. The van der Waals surface area contributed by atoms with Gasteiger partial charge in [-0.15, -0.1) is 0 Å². The highest BCUT2D eigenvalue weighted by atomic mass is 35.5. The molecule has 2 heterocycles. The average Bonchev–Trinajstić information content (AvgIpc) is 3.01. The van der Waals surface area contributed by atoms with E-state index in [9.17, 15) is 4.39 Å². The molecule has 0 fully saturated rings. The lowest BCUT2D eigenvalue weighted by atomic mass is 10.3. The quantitative estimate of drug-likeness (QED) is 0.745. The SMILES string of the molecule is Fc1cc2[nH]c(=S)n(CCCn3ccnc3)c2cc1Cl. The van der Waals surface area contributed by atoms with Gasteiger partial charge < -0.3 is 14.1 Å². The standard InChI is InChI=1S/C13H12ClFN4S/c14-9-6-12-11(7-10(9)15)17-13(20)19(12)4-1-3-18-5-2-16-8-18/h2,5-8H,1,3-4H2,(H,17,20). The summed E-state index contributed by atoms with van der Waals surface area (Å²) in [6, 6.07) is 2.98. The predicted octanol–water partition coefficient (Wildman–Crippen LogP) is 3.78. The molecule has 0 bridgehead atoms. The average molecular weight is 311 g/mol. The smallest absolute Gasteiger partial charge is 0.178 e. The summed E-state index contributed by atoms with van der Waals surface area (Å²) in [6.45, 7) is 1.59. The van der Waals surface area contributed by atoms with Crippen molar-refractivity contribution in [3.05, 3.63) is 46.5 Å². The van der Waals surface area contributed by atoms with E-state index in [2.05, 4.69) is 9.97 Å². The van der Waals surface area contributed by atoms with Gasteiger partial charge in [-0.2, -0.15) is 0 Å². The van der Waals surface area contributed by atoms with E-state index in [-0.39, 0.29) is 5.02 Å². The van der Waals surface area contributed by atoms with Crippen molar-refractivity contribution in [1.82, 2.24) is 19.1 Å². The summed E-state index contributed by atoms with van der Waals surface area (Å²) < 4.78 is 17.9. The van der Waals surface area contributed by atoms with Crippen molar-refractivity contribution >= 4 is 34.9 Å². The van der Waals surface area contributed by atoms with E-state index in [0.29, 0.717) is 10.3 Å². The molecule has 0 aliphatic carbocycles. The molecule has 0 aliphatic heterocycles. The number of nitrogens with zero attached hydrogens (tertiary/aromatic N) is 3. The molecule has 0 unspecified atom stereocenters. The minimum atomic E-state index is -0.444. The topological polar surface area (TPSA) is 38.5 Å². The number of aromatic nitrogens is 4. The molecule has 0 saturated heterocycles. The first-order valence-electron chi connectivity index (χ1n) is 6.18. The van der Waals surface area contributed by atoms with E-state index in [1.165, 1.54) is 6.07 Å². The fraction of sp³-hybridized carbons (Fsp3) is 0.231. The molecular formula is C13H12ClFN4S. The number of H-pyrrole nitrogens is 1. The van der Waals surface area contributed by atoms with Gasteiger partial charge in [-0.25, -0.2) is 9.37 Å². The third-order valence-corrected chi connectivity index (χ3v) is 3.79. The molecule has 0 radical (unpaired) electrons. The zero-order valence-corrected chi connectivity index (χ0v) is 12.1. The molecule has 0 saturated carbocycles. The van der Waals surface area contributed by atoms with E-state index in [1.54, 1.807) is 18.6 Å². The molecule has 104 valence electrons. The minimum absolute atomic E-state index is 0.106. The van der Waals surface area contributed by atoms with Crippen LogP contribution < -0.4 is 0 Å². The lowest BCUT2D eigenvalue weighted by Gasteiger charge is -2.06. The number of benzene rings is 1. The molecular weight excluding hydrogens is 299 g/mol. The van der Waals surface area contributed by atoms with Crippen molar-refractivity contribution in [2.45, 2.75) is 19.5 Å². The highest BCUT2D eigenvalue weighted by Gasteiger charge is 2.08. The Hall–Kier alpha value is -1.66. The fourth-order valence-corrected chi connectivity index (χ4v) is 2.66. The summed E-state index contributed by atoms with van der Waals surface area (Å²) in [6.07, 6.45) is 6.34. The number of hydrogen-bond acceptors (Lipinski definition) is 2. The Bertz CT molecular complexity index is 791. The van der Waals surface area contributed by atoms with Crippen LogP contribution in [0.4, 0.5) is 4.39 Å². The molecule has 1 aromatic carbocycles. The third-order valence-electron chi connectivity index (χ3n) is 3.17. The van der Waals surface area contributed by atoms with E-state index in [4.69, 9.17) is 23.8 Å². The van der Waals surface area contributed by atoms with Crippen LogP contribution in [0.1, 0.15) is 6.42 Å². The number of halogens is 2. The number of rotatable bonds is 4. The molecule has 4 nitrogen and oxygen atoms in total. The Labute approximate surface area is 124 Å². The van der Waals surface area contributed by atoms with Crippen LogP contribution in [-0.2, 0) is 13.1 Å². The van der Waals surface area contributed by atoms with Crippen LogP contribution >= 0.6 is 23.8 Å². The molecule has 3 rings (SSSR count). The van der Waals surface area contributed by atoms with E-state index < -0.39 is 5.82 Å². The Kier molecular flexibility index (Phi) is 3.58. The van der Waals surface area contributed by atoms with Crippen LogP contribution in [0.5, 0.6) is 0 Å². The normalized spacial score (nSPS) is 11.3. The molecule has 20 heavy (non-hydrogen) atoms. The number of imidazole rings is 2. The zero-order valence-electron chi connectivity index (χ0n) is 10.5. The maximum Gasteiger partial charge on any atom is 0.178 e. The molecule has 1 N–H and O–H groups in total. The summed E-state index contributed by atoms with van der Waals surface area (Å²) in [5.74, 6) is -0.444. The summed E-state index contributed by atoms with van der Waals surface area (Å²) in [7, 11) is 0. The Morgan fingerprint density at radius 1 is 1.35 bits per heavy atom. The van der Waals surface area contributed by atoms with Gasteiger partial charge in [-0.3, -0.25) is 0 Å². The second kappa shape index (κ2) is 5.38. The Morgan fingerprint density at radius 3 is 2.95 bits per heavy atom. The lowest BCUT2D eigenvalue weighted by molar-refractivity contribution is 0.567. The van der Waals surface area contributed by atoms with E-state index in [1.807, 2.05) is 15.3 Å². The monoisotopic (exact) mass is 310 g/mol. The third kappa shape index (κ3) is 2.48. The van der Waals surface area contributed by atoms with Gasteiger partial charge in [-0.1, -0.05) is 11.6 Å². The van der Waals surface area contributed by atoms with Crippen LogP contribution in [0, 0.1) is 10.6 Å². The molecule has 0 amide bonds. The minimum Gasteiger partial charge on any atom is -0.337 e. The van der Waals surface area contributed by atoms with E-state index in [0.717, 1.165) is 25.0 Å². The molecule has 7 heteroatoms. The van der Waals surface area contributed by atoms with Gasteiger partial charge in [0.25, 0.3) is 0 Å². The van der Waals surface area contributed by atoms with Crippen LogP contribution in [0.2, 0.25) is 5.02 Å². The number of fused-ring (bicyclic) bond motifs is 1. The lowest BCUT2D eigenvalue weighted by Crippen LogP contribution is -2.03. The number of aromatic amines is 1. The highest BCUT2D eigenvalue weighted by Crippen LogP contribution is 2.23. The second-order valence-electron chi connectivity index (χ2n) is 4.52. The first-order valence-corrected chi connectivity index (χ1v) is 6.97. The van der Waals surface area contributed by atoms with Crippen LogP contribution in [0.3, 0.4) is 0 Å². The molecule has 0 atom stereocenters. The fourth-order valence-electron chi connectivity index (χ4n) is 2.20. The van der Waals surface area contributed by atoms with Gasteiger partial charge >= 0.3 is 0 Å². The number of aryl methyl sites for hydroxylation is 2. The van der Waals surface area contributed by atoms with Gasteiger partial charge in [0.05, 0.1) is 22.4 Å². The van der Waals surface area contributed by atoms with Crippen molar-refractivity contribution in [3.63, 3.8) is 0 Å². The number of nitrogens with one attached hydrogen (secondary N) is 1. The molecule has 0 spiro atoms. The highest BCUT2D eigenvalue weighted by molar-refractivity contribution is 7.71. The van der Waals surface area contributed by atoms with Crippen LogP contribution in [-0.4, -0.2) is 19.1 Å². The van der Waals surface area contributed by atoms with Crippen molar-refractivity contribution in [1.29, 1.82) is 0 Å². The van der Waals surface area contributed by atoms with Crippen molar-refractivity contribution in [2.75, 3.05) is 0 Å². The second-order valence-corrected chi connectivity index (χ2v) is 5.31. The first-order chi connectivity index (χ1) is 9.65. The van der Waals surface area contributed by atoms with Crippen molar-refractivity contribution in [3.8, 4) is 0 Å².